The molecule has 0 bridgehead atoms. The maximum atomic E-state index is 12.1. The second-order valence-electron chi connectivity index (χ2n) is 5.55. The molecular weight excluding hydrogens is 350 g/mol. The fourth-order valence-corrected chi connectivity index (χ4v) is 4.00. The Kier molecular flexibility index (Phi) is 3.46. The van der Waals surface area contributed by atoms with Gasteiger partial charge < -0.3 is 4.74 Å². The van der Waals surface area contributed by atoms with Crippen LogP contribution in [0.2, 0.25) is 0 Å². The van der Waals surface area contributed by atoms with Crippen molar-refractivity contribution in [2.45, 2.75) is 23.8 Å². The molecule has 3 heterocycles. The lowest BCUT2D eigenvalue weighted by atomic mass is 10.1. The third-order valence-electron chi connectivity index (χ3n) is 3.74. The fourth-order valence-electron chi connectivity index (χ4n) is 2.52. The van der Waals surface area contributed by atoms with Crippen LogP contribution in [0.1, 0.15) is 24.5 Å². The maximum absolute atomic E-state index is 12.1. The standard InChI is InChI=1S/C14H13N5O3S2/c1-22-12-8(9(7-3-4-7)15-5-16-12)11-18-13-10(17-6-23-13)14(19-11)24(2,20)21/h5-7H,3-4H2,1-2H3. The SMILES string of the molecule is COc1ncnc(C2CC2)c1-c1nc(S(C)(=O)=O)c2ncsc2n1. The lowest BCUT2D eigenvalue weighted by Crippen LogP contribution is -2.07. The van der Waals surface area contributed by atoms with Gasteiger partial charge in [-0.25, -0.2) is 33.3 Å². The normalized spacial score (nSPS) is 14.9. The van der Waals surface area contributed by atoms with Gasteiger partial charge in [0.1, 0.15) is 22.2 Å². The second kappa shape index (κ2) is 5.42. The zero-order valence-corrected chi connectivity index (χ0v) is 14.6. The molecule has 1 aliphatic rings. The lowest BCUT2D eigenvalue weighted by molar-refractivity contribution is 0.397. The molecule has 8 nitrogen and oxygen atoms in total. The molecule has 0 atom stereocenters. The van der Waals surface area contributed by atoms with Gasteiger partial charge in [-0.3, -0.25) is 0 Å². The van der Waals surface area contributed by atoms with Crippen molar-refractivity contribution in [2.75, 3.05) is 13.4 Å². The van der Waals surface area contributed by atoms with Gasteiger partial charge in [0.2, 0.25) is 5.88 Å². The number of rotatable bonds is 4. The van der Waals surface area contributed by atoms with Crippen molar-refractivity contribution in [3.63, 3.8) is 0 Å². The third-order valence-corrected chi connectivity index (χ3v) is 5.45. The molecule has 4 rings (SSSR count). The molecule has 1 fully saturated rings. The summed E-state index contributed by atoms with van der Waals surface area (Å²) in [6.45, 7) is 0. The highest BCUT2D eigenvalue weighted by atomic mass is 32.2. The molecule has 124 valence electrons. The van der Waals surface area contributed by atoms with Gasteiger partial charge in [0, 0.05) is 12.2 Å². The Hall–Kier alpha value is -2.20. The predicted octanol–water partition coefficient (Wildman–Crippen LogP) is 1.83. The van der Waals surface area contributed by atoms with Crippen LogP contribution in [0.3, 0.4) is 0 Å². The molecule has 0 aliphatic heterocycles. The fraction of sp³-hybridized carbons (Fsp3) is 0.357. The molecule has 0 saturated heterocycles. The zero-order valence-electron chi connectivity index (χ0n) is 12.9. The number of hydrogen-bond donors (Lipinski definition) is 0. The Labute approximate surface area is 141 Å². The Morgan fingerprint density at radius 2 is 2.00 bits per heavy atom. The number of methoxy groups -OCH3 is 1. The molecule has 10 heteroatoms. The van der Waals surface area contributed by atoms with Gasteiger partial charge in [0.15, 0.2) is 20.7 Å². The van der Waals surface area contributed by atoms with E-state index in [-0.39, 0.29) is 16.4 Å². The van der Waals surface area contributed by atoms with Crippen LogP contribution < -0.4 is 4.74 Å². The predicted molar refractivity (Wildman–Crippen MR) is 87.9 cm³/mol. The van der Waals surface area contributed by atoms with E-state index in [1.54, 1.807) is 5.51 Å². The van der Waals surface area contributed by atoms with E-state index in [9.17, 15) is 8.42 Å². The molecule has 0 unspecified atom stereocenters. The van der Waals surface area contributed by atoms with E-state index < -0.39 is 9.84 Å². The van der Waals surface area contributed by atoms with Gasteiger partial charge in [-0.15, -0.1) is 11.3 Å². The summed E-state index contributed by atoms with van der Waals surface area (Å²) in [6.07, 6.45) is 4.60. The summed E-state index contributed by atoms with van der Waals surface area (Å²) in [5.41, 5.74) is 3.20. The molecule has 0 spiro atoms. The maximum Gasteiger partial charge on any atom is 0.227 e. The van der Waals surface area contributed by atoms with E-state index in [0.717, 1.165) is 24.8 Å². The first kappa shape index (κ1) is 15.3. The third kappa shape index (κ3) is 2.51. The van der Waals surface area contributed by atoms with E-state index in [1.165, 1.54) is 24.8 Å². The number of ether oxygens (including phenoxy) is 1. The molecule has 3 aromatic heterocycles. The molecule has 0 radical (unpaired) electrons. The number of thiazole rings is 1. The number of hydrogen-bond acceptors (Lipinski definition) is 9. The van der Waals surface area contributed by atoms with Crippen molar-refractivity contribution in [1.29, 1.82) is 0 Å². The van der Waals surface area contributed by atoms with E-state index in [2.05, 4.69) is 24.9 Å². The van der Waals surface area contributed by atoms with Crippen molar-refractivity contribution in [3.05, 3.63) is 17.5 Å². The summed E-state index contributed by atoms with van der Waals surface area (Å²) in [7, 11) is -2.05. The highest BCUT2D eigenvalue weighted by Gasteiger charge is 2.32. The topological polar surface area (TPSA) is 108 Å². The molecule has 0 amide bonds. The van der Waals surface area contributed by atoms with E-state index >= 15 is 0 Å². The molecule has 0 N–H and O–H groups in total. The highest BCUT2D eigenvalue weighted by molar-refractivity contribution is 7.90. The number of nitrogens with zero attached hydrogens (tertiary/aromatic N) is 5. The van der Waals surface area contributed by atoms with Gasteiger partial charge in [-0.1, -0.05) is 0 Å². The van der Waals surface area contributed by atoms with Crippen molar-refractivity contribution < 1.29 is 13.2 Å². The Morgan fingerprint density at radius 1 is 1.21 bits per heavy atom. The first-order valence-electron chi connectivity index (χ1n) is 7.19. The lowest BCUT2D eigenvalue weighted by Gasteiger charge is -2.11. The summed E-state index contributed by atoms with van der Waals surface area (Å²) in [4.78, 5) is 21.8. The summed E-state index contributed by atoms with van der Waals surface area (Å²) in [6, 6.07) is 0. The minimum atomic E-state index is -3.56. The van der Waals surface area contributed by atoms with Crippen LogP contribution in [0.4, 0.5) is 0 Å². The van der Waals surface area contributed by atoms with Crippen LogP contribution >= 0.6 is 11.3 Å². The van der Waals surface area contributed by atoms with Crippen LogP contribution in [0.15, 0.2) is 16.9 Å². The Morgan fingerprint density at radius 3 is 2.67 bits per heavy atom. The highest BCUT2D eigenvalue weighted by Crippen LogP contribution is 2.45. The average molecular weight is 363 g/mol. The molecular formula is C14H13N5O3S2. The first-order chi connectivity index (χ1) is 11.5. The first-order valence-corrected chi connectivity index (χ1v) is 9.96. The Balaban J connectivity index is 2.04. The van der Waals surface area contributed by atoms with Crippen molar-refractivity contribution in [1.82, 2.24) is 24.9 Å². The van der Waals surface area contributed by atoms with Crippen molar-refractivity contribution in [2.24, 2.45) is 0 Å². The quantitative estimate of drug-likeness (QED) is 0.646. The molecule has 1 saturated carbocycles. The van der Waals surface area contributed by atoms with E-state index in [4.69, 9.17) is 4.74 Å². The number of aromatic nitrogens is 5. The van der Waals surface area contributed by atoms with Crippen LogP contribution in [0.5, 0.6) is 5.88 Å². The molecule has 0 aromatic carbocycles. The summed E-state index contributed by atoms with van der Waals surface area (Å²) in [5, 5.41) is -0.0867. The number of fused-ring (bicyclic) bond motifs is 1. The zero-order chi connectivity index (χ0) is 16.9. The van der Waals surface area contributed by atoms with Crippen LogP contribution in [-0.2, 0) is 9.84 Å². The van der Waals surface area contributed by atoms with Crippen molar-refractivity contribution >= 4 is 31.5 Å². The largest absolute Gasteiger partial charge is 0.480 e. The molecule has 24 heavy (non-hydrogen) atoms. The Bertz CT molecular complexity index is 1040. The van der Waals surface area contributed by atoms with Crippen molar-refractivity contribution in [3.8, 4) is 17.3 Å². The smallest absolute Gasteiger partial charge is 0.227 e. The van der Waals surface area contributed by atoms with Gasteiger partial charge in [-0.2, -0.15) is 0 Å². The van der Waals surface area contributed by atoms with Crippen LogP contribution in [-0.4, -0.2) is 46.7 Å². The van der Waals surface area contributed by atoms with Gasteiger partial charge in [-0.05, 0) is 12.8 Å². The second-order valence-corrected chi connectivity index (χ2v) is 8.31. The van der Waals surface area contributed by atoms with Gasteiger partial charge >= 0.3 is 0 Å². The van der Waals surface area contributed by atoms with Gasteiger partial charge in [0.25, 0.3) is 0 Å². The van der Waals surface area contributed by atoms with Crippen LogP contribution in [0, 0.1) is 0 Å². The van der Waals surface area contributed by atoms with E-state index in [0.29, 0.717) is 22.2 Å². The monoisotopic (exact) mass is 363 g/mol. The number of sulfone groups is 1. The minimum absolute atomic E-state index is 0.0867. The van der Waals surface area contributed by atoms with Crippen LogP contribution in [0.25, 0.3) is 21.7 Å². The van der Waals surface area contributed by atoms with E-state index in [1.807, 2.05) is 0 Å². The molecule has 3 aromatic rings. The summed E-state index contributed by atoms with van der Waals surface area (Å²) in [5.74, 6) is 0.904. The van der Waals surface area contributed by atoms with Gasteiger partial charge in [0.05, 0.1) is 18.3 Å². The summed E-state index contributed by atoms with van der Waals surface area (Å²) >= 11 is 1.26. The molecule has 1 aliphatic carbocycles. The minimum Gasteiger partial charge on any atom is -0.480 e. The summed E-state index contributed by atoms with van der Waals surface area (Å²) < 4.78 is 29.6. The average Bonchev–Trinajstić information content (AvgIpc) is 3.29.